The first-order valence-corrected chi connectivity index (χ1v) is 9.59. The molecule has 0 bridgehead atoms. The first-order valence-electron chi connectivity index (χ1n) is 8.80. The molecule has 0 saturated carbocycles. The Kier molecular flexibility index (Phi) is 8.10. The zero-order valence-corrected chi connectivity index (χ0v) is 17.8. The van der Waals surface area contributed by atoms with Crippen molar-refractivity contribution in [2.75, 3.05) is 6.61 Å². The number of benzene rings is 2. The number of nitriles is 1. The van der Waals surface area contributed by atoms with Crippen LogP contribution in [0.15, 0.2) is 46.4 Å². The summed E-state index contributed by atoms with van der Waals surface area (Å²) in [5.41, 5.74) is 5.70. The summed E-state index contributed by atoms with van der Waals surface area (Å²) in [6.07, 6.45) is 1.27. The lowest BCUT2D eigenvalue weighted by atomic mass is 10.1. The quantitative estimate of drug-likeness (QED) is 0.249. The standard InChI is InChI=1S/C20H17BrN4O6/c1-2-30-17-8-13(7-14(10-22)19(26)24-20(23)27)16(21)9-18(17)31-11-12-3-5-15(6-4-12)25(28)29/h3-9H,2,11H2,1H3,(H3,23,24,26,27)/b14-7-. The molecule has 11 heteroatoms. The highest BCUT2D eigenvalue weighted by atomic mass is 79.9. The summed E-state index contributed by atoms with van der Waals surface area (Å²) in [4.78, 5) is 33.0. The molecule has 0 atom stereocenters. The second kappa shape index (κ2) is 10.7. The Morgan fingerprint density at radius 2 is 1.90 bits per heavy atom. The van der Waals surface area contributed by atoms with Gasteiger partial charge in [0.2, 0.25) is 0 Å². The third kappa shape index (κ3) is 6.55. The van der Waals surface area contributed by atoms with Crippen LogP contribution in [0.2, 0.25) is 0 Å². The van der Waals surface area contributed by atoms with Crippen LogP contribution < -0.4 is 20.5 Å². The zero-order valence-electron chi connectivity index (χ0n) is 16.3. The van der Waals surface area contributed by atoms with Gasteiger partial charge in [-0.1, -0.05) is 15.9 Å². The summed E-state index contributed by atoms with van der Waals surface area (Å²) >= 11 is 3.35. The van der Waals surface area contributed by atoms with E-state index >= 15 is 0 Å². The molecule has 3 amide bonds. The van der Waals surface area contributed by atoms with Gasteiger partial charge in [-0.2, -0.15) is 5.26 Å². The molecular formula is C20H17BrN4O6. The van der Waals surface area contributed by atoms with Crippen molar-refractivity contribution in [1.29, 1.82) is 5.26 Å². The van der Waals surface area contributed by atoms with E-state index in [2.05, 4.69) is 15.9 Å². The Labute approximate surface area is 185 Å². The maximum absolute atomic E-state index is 11.9. The number of urea groups is 1. The van der Waals surface area contributed by atoms with E-state index in [9.17, 15) is 25.0 Å². The Balaban J connectivity index is 2.29. The molecule has 0 spiro atoms. The maximum atomic E-state index is 11.9. The molecule has 10 nitrogen and oxygen atoms in total. The van der Waals surface area contributed by atoms with Crippen LogP contribution in [-0.4, -0.2) is 23.5 Å². The fraction of sp³-hybridized carbons (Fsp3) is 0.150. The van der Waals surface area contributed by atoms with Crippen molar-refractivity contribution >= 4 is 39.6 Å². The lowest BCUT2D eigenvalue weighted by molar-refractivity contribution is -0.384. The molecule has 160 valence electrons. The highest BCUT2D eigenvalue weighted by Crippen LogP contribution is 2.35. The predicted octanol–water partition coefficient (Wildman–Crippen LogP) is 3.44. The number of primary amides is 1. The van der Waals surface area contributed by atoms with Crippen LogP contribution >= 0.6 is 15.9 Å². The number of nitro groups is 1. The normalized spacial score (nSPS) is 10.7. The first kappa shape index (κ1) is 23.4. The lowest BCUT2D eigenvalue weighted by Crippen LogP contribution is -2.35. The number of carbonyl (C=O) groups excluding carboxylic acids is 2. The molecule has 2 aromatic carbocycles. The predicted molar refractivity (Wildman–Crippen MR) is 114 cm³/mol. The monoisotopic (exact) mass is 488 g/mol. The first-order chi connectivity index (χ1) is 14.7. The molecule has 2 rings (SSSR count). The molecule has 0 aromatic heterocycles. The van der Waals surface area contributed by atoms with Gasteiger partial charge >= 0.3 is 6.03 Å². The van der Waals surface area contributed by atoms with Gasteiger partial charge in [0.25, 0.3) is 11.6 Å². The van der Waals surface area contributed by atoms with Crippen molar-refractivity contribution in [1.82, 2.24) is 5.32 Å². The summed E-state index contributed by atoms with van der Waals surface area (Å²) in [6, 6.07) is 9.73. The van der Waals surface area contributed by atoms with Gasteiger partial charge in [-0.3, -0.25) is 20.2 Å². The van der Waals surface area contributed by atoms with Gasteiger partial charge in [0.15, 0.2) is 11.5 Å². The number of halogens is 1. The number of hydrogen-bond acceptors (Lipinski definition) is 7. The van der Waals surface area contributed by atoms with E-state index in [1.807, 2.05) is 5.32 Å². The van der Waals surface area contributed by atoms with Gasteiger partial charge in [-0.05, 0) is 48.4 Å². The molecule has 0 saturated heterocycles. The smallest absolute Gasteiger partial charge is 0.319 e. The molecule has 0 aliphatic carbocycles. The molecule has 0 fully saturated rings. The summed E-state index contributed by atoms with van der Waals surface area (Å²) in [5, 5.41) is 21.8. The molecule has 0 unspecified atom stereocenters. The van der Waals surface area contributed by atoms with Gasteiger partial charge in [-0.25, -0.2) is 4.79 Å². The van der Waals surface area contributed by atoms with Crippen molar-refractivity contribution in [3.8, 4) is 17.6 Å². The van der Waals surface area contributed by atoms with Gasteiger partial charge in [-0.15, -0.1) is 0 Å². The van der Waals surface area contributed by atoms with Gasteiger partial charge in [0.05, 0.1) is 11.5 Å². The number of nitrogens with one attached hydrogen (secondary N) is 1. The third-order valence-electron chi connectivity index (χ3n) is 3.81. The highest BCUT2D eigenvalue weighted by molar-refractivity contribution is 9.10. The largest absolute Gasteiger partial charge is 0.490 e. The van der Waals surface area contributed by atoms with Crippen molar-refractivity contribution in [2.24, 2.45) is 5.73 Å². The maximum Gasteiger partial charge on any atom is 0.319 e. The SMILES string of the molecule is CCOc1cc(/C=C(/C#N)C(=O)NC(N)=O)c(Br)cc1OCc1ccc([N+](=O)[O-])cc1. The molecule has 2 aromatic rings. The molecule has 0 radical (unpaired) electrons. The number of nitrogens with zero attached hydrogens (tertiary/aromatic N) is 2. The van der Waals surface area contributed by atoms with E-state index < -0.39 is 16.9 Å². The van der Waals surface area contributed by atoms with Crippen LogP contribution in [-0.2, 0) is 11.4 Å². The second-order valence-corrected chi connectivity index (χ2v) is 6.81. The Morgan fingerprint density at radius 1 is 1.26 bits per heavy atom. The van der Waals surface area contributed by atoms with Crippen LogP contribution in [0.25, 0.3) is 6.08 Å². The van der Waals surface area contributed by atoms with E-state index in [0.717, 1.165) is 0 Å². The van der Waals surface area contributed by atoms with Crippen LogP contribution in [0.5, 0.6) is 11.5 Å². The summed E-state index contributed by atoms with van der Waals surface area (Å²) in [7, 11) is 0. The Bertz CT molecular complexity index is 1080. The topological polar surface area (TPSA) is 158 Å². The number of nitrogens with two attached hydrogens (primary N) is 1. The van der Waals surface area contributed by atoms with Gasteiger partial charge < -0.3 is 15.2 Å². The fourth-order valence-electron chi connectivity index (χ4n) is 2.40. The molecule has 31 heavy (non-hydrogen) atoms. The summed E-state index contributed by atoms with van der Waals surface area (Å²) in [6.45, 7) is 2.23. The number of carbonyl (C=O) groups is 2. The van der Waals surface area contributed by atoms with E-state index in [1.54, 1.807) is 37.3 Å². The highest BCUT2D eigenvalue weighted by Gasteiger charge is 2.15. The van der Waals surface area contributed by atoms with Crippen LogP contribution in [0.3, 0.4) is 0 Å². The lowest BCUT2D eigenvalue weighted by Gasteiger charge is -2.14. The summed E-state index contributed by atoms with van der Waals surface area (Å²) in [5.74, 6) is -0.200. The molecular weight excluding hydrogens is 472 g/mol. The fourth-order valence-corrected chi connectivity index (χ4v) is 2.84. The molecule has 0 aliphatic heterocycles. The van der Waals surface area contributed by atoms with Crippen molar-refractivity contribution in [3.05, 3.63) is 67.7 Å². The number of hydrogen-bond donors (Lipinski definition) is 2. The van der Waals surface area contributed by atoms with Crippen LogP contribution in [0.1, 0.15) is 18.1 Å². The molecule has 3 N–H and O–H groups in total. The average molecular weight is 489 g/mol. The average Bonchev–Trinajstić information content (AvgIpc) is 2.72. The number of imide groups is 1. The molecule has 0 heterocycles. The van der Waals surface area contributed by atoms with Crippen molar-refractivity contribution in [2.45, 2.75) is 13.5 Å². The van der Waals surface area contributed by atoms with Crippen molar-refractivity contribution < 1.29 is 24.0 Å². The Morgan fingerprint density at radius 3 is 2.45 bits per heavy atom. The van der Waals surface area contributed by atoms with Crippen molar-refractivity contribution in [3.63, 3.8) is 0 Å². The number of rotatable bonds is 8. The number of nitro benzene ring substituents is 1. The molecule has 0 aliphatic rings. The van der Waals surface area contributed by atoms with Crippen LogP contribution in [0.4, 0.5) is 10.5 Å². The van der Waals surface area contributed by atoms with Crippen LogP contribution in [0, 0.1) is 21.4 Å². The van der Waals surface area contributed by atoms with E-state index in [-0.39, 0.29) is 17.9 Å². The van der Waals surface area contributed by atoms with Gasteiger partial charge in [0.1, 0.15) is 18.2 Å². The van der Waals surface area contributed by atoms with E-state index in [4.69, 9.17) is 15.2 Å². The number of amides is 3. The zero-order chi connectivity index (χ0) is 23.0. The number of ether oxygens (including phenoxy) is 2. The summed E-state index contributed by atoms with van der Waals surface area (Å²) < 4.78 is 11.9. The van der Waals surface area contributed by atoms with Gasteiger partial charge in [0, 0.05) is 16.6 Å². The minimum atomic E-state index is -1.07. The third-order valence-corrected chi connectivity index (χ3v) is 4.49. The van der Waals surface area contributed by atoms with E-state index in [0.29, 0.717) is 33.7 Å². The Hall–Kier alpha value is -3.91. The number of non-ortho nitro benzene ring substituents is 1. The second-order valence-electron chi connectivity index (χ2n) is 5.95. The minimum absolute atomic E-state index is 0.0219. The minimum Gasteiger partial charge on any atom is -0.490 e. The van der Waals surface area contributed by atoms with E-state index in [1.165, 1.54) is 18.2 Å².